The second-order valence-electron chi connectivity index (χ2n) is 3.54. The summed E-state index contributed by atoms with van der Waals surface area (Å²) in [4.78, 5) is 16.9. The Balaban J connectivity index is 1.70. The molecule has 2 N–H and O–H groups in total. The van der Waals surface area contributed by atoms with E-state index < -0.39 is 0 Å². The summed E-state index contributed by atoms with van der Waals surface area (Å²) in [6.45, 7) is 0. The molecule has 1 amide bonds. The van der Waals surface area contributed by atoms with Crippen molar-refractivity contribution >= 4 is 27.9 Å². The van der Waals surface area contributed by atoms with Crippen molar-refractivity contribution in [2.75, 3.05) is 5.32 Å². The normalized spacial score (nSPS) is 10.8. The van der Waals surface area contributed by atoms with E-state index in [4.69, 9.17) is 0 Å². The van der Waals surface area contributed by atoms with Crippen LogP contribution in [0.2, 0.25) is 0 Å². The minimum absolute atomic E-state index is 0.0999. The van der Waals surface area contributed by atoms with Crippen molar-refractivity contribution in [3.63, 3.8) is 0 Å². The van der Waals surface area contributed by atoms with Gasteiger partial charge in [0.15, 0.2) is 4.96 Å². The fourth-order valence-corrected chi connectivity index (χ4v) is 2.27. The van der Waals surface area contributed by atoms with Crippen molar-refractivity contribution in [1.82, 2.24) is 19.6 Å². The molecular formula is C10H9N5OS. The fraction of sp³-hybridized carbons (Fsp3) is 0.100. The molecule has 3 aromatic heterocycles. The maximum absolute atomic E-state index is 11.7. The first-order valence-electron chi connectivity index (χ1n) is 5.01. The van der Waals surface area contributed by atoms with Crippen molar-refractivity contribution in [2.24, 2.45) is 0 Å². The summed E-state index contributed by atoms with van der Waals surface area (Å²) < 4.78 is 1.91. The molecule has 0 unspecified atom stereocenters. The average molecular weight is 247 g/mol. The quantitative estimate of drug-likeness (QED) is 0.732. The number of nitrogens with one attached hydrogen (secondary N) is 2. The molecule has 17 heavy (non-hydrogen) atoms. The van der Waals surface area contributed by atoms with Crippen molar-refractivity contribution < 1.29 is 4.79 Å². The topological polar surface area (TPSA) is 75.1 Å². The molecule has 0 aliphatic rings. The monoisotopic (exact) mass is 247 g/mol. The number of rotatable bonds is 3. The number of imidazole rings is 1. The van der Waals surface area contributed by atoms with Crippen LogP contribution in [-0.2, 0) is 11.2 Å². The van der Waals surface area contributed by atoms with Gasteiger partial charge in [-0.25, -0.2) is 4.98 Å². The summed E-state index contributed by atoms with van der Waals surface area (Å²) in [5.41, 5.74) is 1.42. The maximum Gasteiger partial charge on any atom is 0.230 e. The highest BCUT2D eigenvalue weighted by molar-refractivity contribution is 7.15. The van der Waals surface area contributed by atoms with Gasteiger partial charge in [0.1, 0.15) is 0 Å². The number of H-pyrrole nitrogens is 1. The summed E-state index contributed by atoms with van der Waals surface area (Å²) in [7, 11) is 0. The molecule has 0 aliphatic heterocycles. The van der Waals surface area contributed by atoms with E-state index in [0.717, 1.165) is 10.7 Å². The Hall–Kier alpha value is -2.15. The average Bonchev–Trinajstić information content (AvgIpc) is 2.92. The zero-order valence-corrected chi connectivity index (χ0v) is 9.57. The first-order chi connectivity index (χ1) is 8.31. The molecule has 0 fully saturated rings. The number of nitrogens with zero attached hydrogens (tertiary/aromatic N) is 3. The van der Waals surface area contributed by atoms with E-state index in [0.29, 0.717) is 5.69 Å². The molecule has 3 heterocycles. The number of amides is 1. The molecule has 0 saturated carbocycles. The lowest BCUT2D eigenvalue weighted by Gasteiger charge is -1.98. The van der Waals surface area contributed by atoms with Crippen LogP contribution in [0.4, 0.5) is 5.69 Å². The van der Waals surface area contributed by atoms with Gasteiger partial charge in [-0.15, -0.1) is 11.3 Å². The van der Waals surface area contributed by atoms with Gasteiger partial charge >= 0.3 is 0 Å². The van der Waals surface area contributed by atoms with Gasteiger partial charge in [0.2, 0.25) is 5.91 Å². The second kappa shape index (κ2) is 4.02. The molecule has 0 atom stereocenters. The first-order valence-corrected chi connectivity index (χ1v) is 5.89. The number of fused-ring (bicyclic) bond motifs is 1. The van der Waals surface area contributed by atoms with Crippen molar-refractivity contribution in [3.8, 4) is 0 Å². The summed E-state index contributed by atoms with van der Waals surface area (Å²) in [6.07, 6.45) is 7.23. The van der Waals surface area contributed by atoms with Crippen LogP contribution >= 0.6 is 11.3 Å². The van der Waals surface area contributed by atoms with Gasteiger partial charge in [0.05, 0.1) is 24.0 Å². The standard InChI is InChI=1S/C10H9N5OS/c16-9(13-8-4-11-12-5-8)3-7-6-15-1-2-17-10(15)14-7/h1-2,4-6H,3H2,(H,11,12)(H,13,16). The van der Waals surface area contributed by atoms with Crippen LogP contribution in [0.5, 0.6) is 0 Å². The minimum atomic E-state index is -0.0999. The van der Waals surface area contributed by atoms with Crippen LogP contribution < -0.4 is 5.32 Å². The van der Waals surface area contributed by atoms with E-state index in [-0.39, 0.29) is 12.3 Å². The van der Waals surface area contributed by atoms with Crippen molar-refractivity contribution in [2.45, 2.75) is 6.42 Å². The van der Waals surface area contributed by atoms with Gasteiger partial charge in [-0.2, -0.15) is 5.10 Å². The number of aromatic amines is 1. The highest BCUT2D eigenvalue weighted by Gasteiger charge is 2.08. The Bertz CT molecular complexity index is 610. The van der Waals surface area contributed by atoms with Crippen LogP contribution in [0, 0.1) is 0 Å². The van der Waals surface area contributed by atoms with Gasteiger partial charge in [-0.1, -0.05) is 0 Å². The molecule has 3 rings (SSSR count). The molecular weight excluding hydrogens is 238 g/mol. The SMILES string of the molecule is O=C(Cc1cn2ccsc2n1)Nc1cn[nH]c1. The molecule has 0 aromatic carbocycles. The van der Waals surface area contributed by atoms with Gasteiger partial charge in [0, 0.05) is 24.0 Å². The van der Waals surface area contributed by atoms with Gasteiger partial charge in [0.25, 0.3) is 0 Å². The molecule has 0 bridgehead atoms. The summed E-state index contributed by atoms with van der Waals surface area (Å²) in [6, 6.07) is 0. The van der Waals surface area contributed by atoms with Gasteiger partial charge in [-0.05, 0) is 0 Å². The van der Waals surface area contributed by atoms with Crippen LogP contribution in [0.3, 0.4) is 0 Å². The van der Waals surface area contributed by atoms with Crippen molar-refractivity contribution in [3.05, 3.63) is 35.9 Å². The van der Waals surface area contributed by atoms with Gasteiger partial charge < -0.3 is 5.32 Å². The van der Waals surface area contributed by atoms with Crippen LogP contribution in [0.15, 0.2) is 30.2 Å². The molecule has 0 spiro atoms. The summed E-state index contributed by atoms with van der Waals surface area (Å²) >= 11 is 1.55. The largest absolute Gasteiger partial charge is 0.323 e. The third-order valence-corrected chi connectivity index (χ3v) is 3.04. The number of anilines is 1. The Morgan fingerprint density at radius 3 is 3.29 bits per heavy atom. The molecule has 0 aliphatic carbocycles. The first kappa shape index (κ1) is 10.0. The predicted molar refractivity (Wildman–Crippen MR) is 64.0 cm³/mol. The van der Waals surface area contributed by atoms with E-state index in [2.05, 4.69) is 20.5 Å². The second-order valence-corrected chi connectivity index (χ2v) is 4.41. The third kappa shape index (κ3) is 2.04. The highest BCUT2D eigenvalue weighted by atomic mass is 32.1. The summed E-state index contributed by atoms with van der Waals surface area (Å²) in [5.74, 6) is -0.0999. The molecule has 3 aromatic rings. The number of carbonyl (C=O) groups is 1. The van der Waals surface area contributed by atoms with Crippen LogP contribution in [0.25, 0.3) is 4.96 Å². The van der Waals surface area contributed by atoms with E-state index >= 15 is 0 Å². The molecule has 6 nitrogen and oxygen atoms in total. The van der Waals surface area contributed by atoms with E-state index in [9.17, 15) is 4.79 Å². The highest BCUT2D eigenvalue weighted by Crippen LogP contribution is 2.12. The molecule has 7 heteroatoms. The fourth-order valence-electron chi connectivity index (χ4n) is 1.55. The number of carbonyl (C=O) groups excluding carboxylic acids is 1. The lowest BCUT2D eigenvalue weighted by atomic mass is 10.3. The van der Waals surface area contributed by atoms with Gasteiger partial charge in [-0.3, -0.25) is 14.3 Å². The minimum Gasteiger partial charge on any atom is -0.323 e. The maximum atomic E-state index is 11.7. The Morgan fingerprint density at radius 1 is 1.59 bits per heavy atom. The zero-order valence-electron chi connectivity index (χ0n) is 8.75. The number of hydrogen-bond acceptors (Lipinski definition) is 4. The Morgan fingerprint density at radius 2 is 2.53 bits per heavy atom. The molecule has 86 valence electrons. The Kier molecular flexibility index (Phi) is 2.37. The van der Waals surface area contributed by atoms with E-state index in [1.54, 1.807) is 23.7 Å². The van der Waals surface area contributed by atoms with E-state index in [1.165, 1.54) is 0 Å². The Labute approximate surface area is 100 Å². The summed E-state index contributed by atoms with van der Waals surface area (Å²) in [5, 5.41) is 11.1. The smallest absolute Gasteiger partial charge is 0.230 e. The lowest BCUT2D eigenvalue weighted by molar-refractivity contribution is -0.115. The number of thiazole rings is 1. The van der Waals surface area contributed by atoms with E-state index in [1.807, 2.05) is 22.2 Å². The zero-order chi connectivity index (χ0) is 11.7. The van der Waals surface area contributed by atoms with Crippen molar-refractivity contribution in [1.29, 1.82) is 0 Å². The number of hydrogen-bond donors (Lipinski definition) is 2. The third-order valence-electron chi connectivity index (χ3n) is 2.27. The molecule has 0 radical (unpaired) electrons. The predicted octanol–water partition coefficient (Wildman–Crippen LogP) is 1.30. The van der Waals surface area contributed by atoms with Crippen LogP contribution in [-0.4, -0.2) is 25.5 Å². The lowest BCUT2D eigenvalue weighted by Crippen LogP contribution is -2.14. The van der Waals surface area contributed by atoms with Crippen LogP contribution in [0.1, 0.15) is 5.69 Å². The molecule has 0 saturated heterocycles. The number of aromatic nitrogens is 4.